The van der Waals surface area contributed by atoms with Gasteiger partial charge in [0.05, 0.1) is 6.61 Å². The van der Waals surface area contributed by atoms with Gasteiger partial charge in [0.15, 0.2) is 24.6 Å². The van der Waals surface area contributed by atoms with Crippen LogP contribution >= 0.6 is 0 Å². The van der Waals surface area contributed by atoms with Gasteiger partial charge >= 0.3 is 17.9 Å². The van der Waals surface area contributed by atoms with Crippen molar-refractivity contribution in [1.29, 1.82) is 0 Å². The molecule has 0 spiro atoms. The summed E-state index contributed by atoms with van der Waals surface area (Å²) in [5.41, 5.74) is 10.2. The minimum atomic E-state index is -1.56. The number of allylic oxidation sites excluding steroid dienone is 6. The molecule has 8 nitrogen and oxygen atoms in total. The van der Waals surface area contributed by atoms with E-state index in [0.717, 1.165) is 52.7 Å². The van der Waals surface area contributed by atoms with Gasteiger partial charge in [-0.05, 0) is 88.6 Å². The minimum absolute atomic E-state index is 0.0542. The summed E-state index contributed by atoms with van der Waals surface area (Å²) in [6, 6.07) is 24.3. The van der Waals surface area contributed by atoms with E-state index in [0.29, 0.717) is 19.3 Å². The Morgan fingerprint density at radius 1 is 0.571 bits per heavy atom. The van der Waals surface area contributed by atoms with Gasteiger partial charge in [-0.15, -0.1) is 0 Å². The first-order valence-corrected chi connectivity index (χ1v) is 17.1. The predicted octanol–water partition coefficient (Wildman–Crippen LogP) is 6.33. The second-order valence-electron chi connectivity index (χ2n) is 12.9. The van der Waals surface area contributed by atoms with E-state index in [1.54, 1.807) is 0 Å². The second-order valence-corrected chi connectivity index (χ2v) is 12.9. The molecule has 0 aromatic heterocycles. The van der Waals surface area contributed by atoms with Crippen LogP contribution in [-0.4, -0.2) is 54.2 Å². The lowest BCUT2D eigenvalue weighted by Gasteiger charge is -2.38. The van der Waals surface area contributed by atoms with Gasteiger partial charge in [-0.25, -0.2) is 0 Å². The van der Waals surface area contributed by atoms with Crippen molar-refractivity contribution >= 4 is 34.6 Å². The van der Waals surface area contributed by atoms with Crippen LogP contribution in [0.1, 0.15) is 71.9 Å². The standard InChI is InChI=1S/C41H40O8/c42-36(22-19-29-16-13-26-7-1-4-10-32(26)29)47-35-25-46-41(45)40(49-38(44)24-21-31-18-15-28-9-3-6-12-34(28)31)39(35)48-37(43)23-20-30-17-14-27-8-2-5-11-33(27)30/h1-12,16-18,35,39-41,45H,13-15,19-25H2/t35-,39+,40-,41-/m1/s1. The molecule has 49 heavy (non-hydrogen) atoms. The molecule has 1 aliphatic heterocycles. The van der Waals surface area contributed by atoms with Crippen molar-refractivity contribution in [2.45, 2.75) is 82.4 Å². The van der Waals surface area contributed by atoms with E-state index in [9.17, 15) is 19.5 Å². The van der Waals surface area contributed by atoms with E-state index in [1.165, 1.54) is 16.7 Å². The van der Waals surface area contributed by atoms with Crippen LogP contribution in [0.25, 0.3) is 16.7 Å². The first kappa shape index (κ1) is 32.7. The monoisotopic (exact) mass is 660 g/mol. The van der Waals surface area contributed by atoms with Crippen LogP contribution in [-0.2, 0) is 52.6 Å². The third-order valence-corrected chi connectivity index (χ3v) is 9.81. The molecule has 1 heterocycles. The summed E-state index contributed by atoms with van der Waals surface area (Å²) >= 11 is 0. The molecule has 3 aromatic carbocycles. The molecule has 3 aromatic rings. The largest absolute Gasteiger partial charge is 0.456 e. The van der Waals surface area contributed by atoms with Gasteiger partial charge in [0.1, 0.15) is 0 Å². The van der Waals surface area contributed by atoms with Crippen LogP contribution in [0, 0.1) is 0 Å². The first-order chi connectivity index (χ1) is 23.9. The third kappa shape index (κ3) is 7.46. The van der Waals surface area contributed by atoms with Crippen LogP contribution in [0.15, 0.2) is 91.0 Å². The maximum atomic E-state index is 13.3. The Kier molecular flexibility index (Phi) is 9.87. The number of esters is 3. The highest BCUT2D eigenvalue weighted by Gasteiger charge is 2.47. The number of rotatable bonds is 12. The lowest BCUT2D eigenvalue weighted by molar-refractivity contribution is -0.268. The molecular formula is C41H40O8. The fourth-order valence-corrected chi connectivity index (χ4v) is 7.26. The van der Waals surface area contributed by atoms with Crippen molar-refractivity contribution in [3.63, 3.8) is 0 Å². The Bertz CT molecular complexity index is 1830. The molecule has 1 N–H and O–H groups in total. The van der Waals surface area contributed by atoms with E-state index in [4.69, 9.17) is 18.9 Å². The molecule has 4 atom stereocenters. The zero-order chi connectivity index (χ0) is 33.7. The van der Waals surface area contributed by atoms with Crippen LogP contribution < -0.4 is 0 Å². The average Bonchev–Trinajstić information content (AvgIpc) is 3.85. The Hall–Kier alpha value is -4.79. The summed E-state index contributed by atoms with van der Waals surface area (Å²) in [5, 5.41) is 10.9. The third-order valence-electron chi connectivity index (χ3n) is 9.81. The van der Waals surface area contributed by atoms with Crippen molar-refractivity contribution in [2.24, 2.45) is 0 Å². The Balaban J connectivity index is 1.01. The number of carbonyl (C=O) groups is 3. The molecule has 0 amide bonds. The first-order valence-electron chi connectivity index (χ1n) is 17.1. The van der Waals surface area contributed by atoms with E-state index < -0.39 is 42.5 Å². The van der Waals surface area contributed by atoms with E-state index in [-0.39, 0.29) is 25.9 Å². The molecule has 0 saturated carbocycles. The lowest BCUT2D eigenvalue weighted by Crippen LogP contribution is -2.57. The molecule has 1 fully saturated rings. The molecule has 1 saturated heterocycles. The van der Waals surface area contributed by atoms with Crippen LogP contribution in [0.3, 0.4) is 0 Å². The molecule has 252 valence electrons. The highest BCUT2D eigenvalue weighted by atomic mass is 16.7. The quantitative estimate of drug-likeness (QED) is 0.177. The normalized spacial score (nSPS) is 21.9. The molecule has 0 bridgehead atoms. The predicted molar refractivity (Wildman–Crippen MR) is 184 cm³/mol. The lowest BCUT2D eigenvalue weighted by atomic mass is 10.0. The molecule has 3 aliphatic carbocycles. The number of hydrogen-bond donors (Lipinski definition) is 1. The molecule has 0 radical (unpaired) electrons. The number of carbonyl (C=O) groups excluding carboxylic acids is 3. The number of hydrogen-bond acceptors (Lipinski definition) is 8. The highest BCUT2D eigenvalue weighted by Crippen LogP contribution is 2.34. The van der Waals surface area contributed by atoms with Crippen LogP contribution in [0.2, 0.25) is 0 Å². The van der Waals surface area contributed by atoms with E-state index in [1.807, 2.05) is 54.6 Å². The number of aliphatic hydroxyl groups excluding tert-OH is 1. The molecule has 0 unspecified atom stereocenters. The zero-order valence-corrected chi connectivity index (χ0v) is 27.3. The maximum absolute atomic E-state index is 13.3. The summed E-state index contributed by atoms with van der Waals surface area (Å²) in [4.78, 5) is 39.6. The van der Waals surface area contributed by atoms with Gasteiger partial charge < -0.3 is 24.1 Å². The van der Waals surface area contributed by atoms with Gasteiger partial charge in [0, 0.05) is 19.3 Å². The fraction of sp³-hybridized carbons (Fsp3) is 0.341. The van der Waals surface area contributed by atoms with Crippen LogP contribution in [0.4, 0.5) is 0 Å². The topological polar surface area (TPSA) is 108 Å². The van der Waals surface area contributed by atoms with Crippen molar-refractivity contribution in [2.75, 3.05) is 6.61 Å². The second kappa shape index (κ2) is 14.8. The van der Waals surface area contributed by atoms with Gasteiger partial charge in [-0.3, -0.25) is 14.4 Å². The summed E-state index contributed by atoms with van der Waals surface area (Å²) < 4.78 is 23.0. The molecule has 4 aliphatic rings. The Labute approximate surface area is 286 Å². The molecule has 8 heteroatoms. The van der Waals surface area contributed by atoms with E-state index >= 15 is 0 Å². The van der Waals surface area contributed by atoms with Crippen LogP contribution in [0.5, 0.6) is 0 Å². The van der Waals surface area contributed by atoms with Crippen molar-refractivity contribution < 1.29 is 38.4 Å². The number of benzene rings is 3. The Morgan fingerprint density at radius 3 is 1.41 bits per heavy atom. The Morgan fingerprint density at radius 2 is 0.959 bits per heavy atom. The summed E-state index contributed by atoms with van der Waals surface area (Å²) in [6.45, 7) is -0.216. The maximum Gasteiger partial charge on any atom is 0.306 e. The van der Waals surface area contributed by atoms with E-state index in [2.05, 4.69) is 36.4 Å². The average molecular weight is 661 g/mol. The van der Waals surface area contributed by atoms with Crippen molar-refractivity contribution in [3.8, 4) is 0 Å². The van der Waals surface area contributed by atoms with Gasteiger partial charge in [0.2, 0.25) is 0 Å². The molecular weight excluding hydrogens is 620 g/mol. The highest BCUT2D eigenvalue weighted by molar-refractivity contribution is 5.80. The van der Waals surface area contributed by atoms with Gasteiger partial charge in [0.25, 0.3) is 0 Å². The van der Waals surface area contributed by atoms with Crippen molar-refractivity contribution in [1.82, 2.24) is 0 Å². The van der Waals surface area contributed by atoms with Gasteiger partial charge in [-0.1, -0.05) is 91.0 Å². The zero-order valence-electron chi connectivity index (χ0n) is 27.3. The molecule has 7 rings (SSSR count). The fourth-order valence-electron chi connectivity index (χ4n) is 7.26. The number of aliphatic hydroxyl groups is 1. The van der Waals surface area contributed by atoms with Gasteiger partial charge in [-0.2, -0.15) is 0 Å². The minimum Gasteiger partial charge on any atom is -0.456 e. The summed E-state index contributed by atoms with van der Waals surface area (Å²) in [7, 11) is 0. The number of fused-ring (bicyclic) bond motifs is 3. The SMILES string of the molecule is O=C(CCC1=CCc2ccccc21)O[C@@H]1[C@@H](OC(=O)CCC2=CCc3ccccc32)[C@H](OC(=O)CCC2=CCc3ccccc32)CO[C@H]1O. The summed E-state index contributed by atoms with van der Waals surface area (Å²) in [6.07, 6.45) is 5.18. The number of ether oxygens (including phenoxy) is 4. The summed E-state index contributed by atoms with van der Waals surface area (Å²) in [5.74, 6) is -1.63. The smallest absolute Gasteiger partial charge is 0.306 e. The van der Waals surface area contributed by atoms with Crippen molar-refractivity contribution in [3.05, 3.63) is 124 Å².